The monoisotopic (exact) mass is 553 g/mol. The van der Waals surface area contributed by atoms with E-state index >= 15 is 0 Å². The van der Waals surface area contributed by atoms with Crippen molar-refractivity contribution < 1.29 is 18.0 Å². The summed E-state index contributed by atoms with van der Waals surface area (Å²) in [6.45, 7) is 11.2. The molecule has 3 aromatic rings. The van der Waals surface area contributed by atoms with Crippen molar-refractivity contribution in [2.45, 2.75) is 26.4 Å². The third-order valence-corrected chi connectivity index (χ3v) is 6.37. The van der Waals surface area contributed by atoms with Gasteiger partial charge in [0.2, 0.25) is 0 Å². The molecule has 0 bridgehead atoms. The number of hydrogen-bond donors (Lipinski definition) is 1. The van der Waals surface area contributed by atoms with Crippen molar-refractivity contribution in [1.82, 2.24) is 35.2 Å². The van der Waals surface area contributed by atoms with Gasteiger partial charge in [-0.3, -0.25) is 19.8 Å². The minimum absolute atomic E-state index is 0.304. The maximum Gasteiger partial charge on any atom is 0.416 e. The van der Waals surface area contributed by atoms with Crippen LogP contribution in [0.15, 0.2) is 66.5 Å². The maximum absolute atomic E-state index is 12.9. The van der Waals surface area contributed by atoms with E-state index in [1.165, 1.54) is 10.9 Å². The number of nitrogens with zero attached hydrogens (tertiary/aromatic N) is 8. The summed E-state index contributed by atoms with van der Waals surface area (Å²) in [4.78, 5) is 29.4. The molecule has 3 aromatic heterocycles. The molecule has 10 nitrogen and oxygen atoms in total. The molecule has 1 aliphatic rings. The van der Waals surface area contributed by atoms with Crippen molar-refractivity contribution >= 4 is 23.0 Å². The van der Waals surface area contributed by atoms with Gasteiger partial charge < -0.3 is 15.1 Å². The zero-order valence-corrected chi connectivity index (χ0v) is 22.5. The first kappa shape index (κ1) is 28.6. The quantitative estimate of drug-likeness (QED) is 0.439. The highest BCUT2D eigenvalue weighted by atomic mass is 19.4. The number of likely N-dealkylation sites (N-methyl/N-ethyl adjacent to an activating group) is 1. The normalized spacial score (nSPS) is 15.6. The van der Waals surface area contributed by atoms with Crippen LogP contribution in [0, 0.1) is 0 Å². The Bertz CT molecular complexity index is 1440. The number of carbonyl (C=O) groups is 1. The Morgan fingerprint density at radius 3 is 2.73 bits per heavy atom. The van der Waals surface area contributed by atoms with Crippen LogP contribution >= 0.6 is 0 Å². The van der Waals surface area contributed by atoms with Crippen molar-refractivity contribution in [3.05, 3.63) is 72.7 Å². The van der Waals surface area contributed by atoms with E-state index in [0.29, 0.717) is 28.9 Å². The summed E-state index contributed by atoms with van der Waals surface area (Å²) in [6, 6.07) is 3.54. The first-order valence-electron chi connectivity index (χ1n) is 12.6. The fourth-order valence-corrected chi connectivity index (χ4v) is 4.01. The number of anilines is 1. The van der Waals surface area contributed by atoms with Gasteiger partial charge in [0.25, 0.3) is 5.91 Å². The lowest BCUT2D eigenvalue weighted by atomic mass is 10.2. The molecule has 0 atom stereocenters. The number of halogens is 3. The highest BCUT2D eigenvalue weighted by Crippen LogP contribution is 2.29. The molecule has 0 aliphatic carbocycles. The lowest BCUT2D eigenvalue weighted by Crippen LogP contribution is -2.28. The summed E-state index contributed by atoms with van der Waals surface area (Å²) < 4.78 is 40.3. The second-order valence-electron chi connectivity index (χ2n) is 9.48. The summed E-state index contributed by atoms with van der Waals surface area (Å²) in [7, 11) is 2.13. The molecular formula is C27H30F3N9O. The maximum atomic E-state index is 12.9. The number of aliphatic imine (C=N–C) groups is 1. The van der Waals surface area contributed by atoms with Crippen LogP contribution in [0.3, 0.4) is 0 Å². The fraction of sp³-hybridized carbons (Fsp3) is 0.333. The Morgan fingerprint density at radius 2 is 1.95 bits per heavy atom. The zero-order chi connectivity index (χ0) is 28.9. The molecule has 0 saturated carbocycles. The largest absolute Gasteiger partial charge is 0.416 e. The van der Waals surface area contributed by atoms with Gasteiger partial charge in [0.1, 0.15) is 11.4 Å². The summed E-state index contributed by atoms with van der Waals surface area (Å²) in [5.41, 5.74) is 2.41. The second-order valence-corrected chi connectivity index (χ2v) is 9.48. The topological polar surface area (TPSA) is 104 Å². The van der Waals surface area contributed by atoms with Crippen molar-refractivity contribution in [1.29, 1.82) is 0 Å². The number of allylic oxidation sites excluding steroid dienone is 2. The molecule has 0 unspecified atom stereocenters. The molecule has 1 N–H and O–H groups in total. The lowest BCUT2D eigenvalue weighted by Gasteiger charge is -2.22. The molecule has 1 aliphatic heterocycles. The van der Waals surface area contributed by atoms with Crippen LogP contribution in [0.1, 0.15) is 36.3 Å². The molecule has 1 fully saturated rings. The van der Waals surface area contributed by atoms with Gasteiger partial charge in [0.15, 0.2) is 0 Å². The molecule has 0 aromatic carbocycles. The van der Waals surface area contributed by atoms with E-state index in [4.69, 9.17) is 0 Å². The molecule has 0 spiro atoms. The summed E-state index contributed by atoms with van der Waals surface area (Å²) >= 11 is 0. The van der Waals surface area contributed by atoms with Crippen molar-refractivity contribution in [3.63, 3.8) is 0 Å². The van der Waals surface area contributed by atoms with Crippen LogP contribution in [0.5, 0.6) is 0 Å². The highest BCUT2D eigenvalue weighted by molar-refractivity contribution is 6.16. The summed E-state index contributed by atoms with van der Waals surface area (Å²) in [5.74, 6) is -0.782. The SMILES string of the molecule is C=C(/C(C)=N\C=C(/C)NC(=O)c1cc(C(F)(F)F)ccn1)n1cc(-c2cncc(N3CCCN(C)CC3)c2)nn1. The van der Waals surface area contributed by atoms with Gasteiger partial charge in [-0.1, -0.05) is 11.8 Å². The average Bonchev–Trinajstić information content (AvgIpc) is 3.33. The smallest absolute Gasteiger partial charge is 0.369 e. The van der Waals surface area contributed by atoms with Crippen molar-refractivity contribution in [2.24, 2.45) is 4.99 Å². The molecule has 4 heterocycles. The van der Waals surface area contributed by atoms with Crippen LogP contribution in [-0.2, 0) is 6.18 Å². The Labute approximate surface area is 229 Å². The Kier molecular flexibility index (Phi) is 8.73. The Hall–Kier alpha value is -4.39. The number of pyridine rings is 2. The first-order chi connectivity index (χ1) is 19.0. The number of rotatable bonds is 7. The van der Waals surface area contributed by atoms with Crippen molar-refractivity contribution in [3.8, 4) is 11.3 Å². The Balaban J connectivity index is 1.42. The van der Waals surface area contributed by atoms with Gasteiger partial charge in [-0.05, 0) is 52.1 Å². The standard InChI is InChI=1S/C27H30F3N9O/c1-18(34-26(40)24-13-22(6-7-32-24)27(28,29)30)14-33-19(2)20(3)39-17-25(35-36-39)21-12-23(16-31-15-21)38-9-5-8-37(4)10-11-38/h6-7,12-17H,3,5,8-11H2,1-2,4H3,(H,34,40)/b18-14+,33-19-. The van der Waals surface area contributed by atoms with Crippen LogP contribution in [0.4, 0.5) is 18.9 Å². The number of carbonyl (C=O) groups excluding carboxylic acids is 1. The molecule has 13 heteroatoms. The van der Waals surface area contributed by atoms with Crippen LogP contribution in [0.25, 0.3) is 17.0 Å². The predicted molar refractivity (Wildman–Crippen MR) is 146 cm³/mol. The second kappa shape index (κ2) is 12.2. The van der Waals surface area contributed by atoms with Gasteiger partial charge in [0.05, 0.1) is 35.1 Å². The van der Waals surface area contributed by atoms with Gasteiger partial charge >= 0.3 is 6.18 Å². The summed E-state index contributed by atoms with van der Waals surface area (Å²) in [5, 5.41) is 10.9. The van der Waals surface area contributed by atoms with Crippen LogP contribution < -0.4 is 10.2 Å². The van der Waals surface area contributed by atoms with Gasteiger partial charge in [-0.15, -0.1) is 5.10 Å². The Morgan fingerprint density at radius 1 is 1.15 bits per heavy atom. The van der Waals surface area contributed by atoms with E-state index in [1.807, 2.05) is 12.3 Å². The zero-order valence-electron chi connectivity index (χ0n) is 22.5. The average molecular weight is 554 g/mol. The van der Waals surface area contributed by atoms with E-state index in [9.17, 15) is 18.0 Å². The minimum atomic E-state index is -4.57. The number of hydrogen-bond acceptors (Lipinski definition) is 8. The molecule has 40 heavy (non-hydrogen) atoms. The molecule has 0 radical (unpaired) electrons. The number of amides is 1. The molecule has 210 valence electrons. The van der Waals surface area contributed by atoms with Gasteiger partial charge in [-0.25, -0.2) is 4.68 Å². The first-order valence-corrected chi connectivity index (χ1v) is 12.6. The van der Waals surface area contributed by atoms with E-state index in [2.05, 4.69) is 54.0 Å². The van der Waals surface area contributed by atoms with Crippen molar-refractivity contribution in [2.75, 3.05) is 38.1 Å². The molecule has 4 rings (SSSR count). The van der Waals surface area contributed by atoms with E-state index in [0.717, 1.165) is 56.1 Å². The minimum Gasteiger partial charge on any atom is -0.369 e. The third-order valence-electron chi connectivity index (χ3n) is 6.37. The van der Waals surface area contributed by atoms with Crippen LogP contribution in [-0.4, -0.2) is 74.7 Å². The number of alkyl halides is 3. The van der Waals surface area contributed by atoms with Gasteiger partial charge in [0, 0.05) is 49.5 Å². The molecule has 1 amide bonds. The number of aromatic nitrogens is 5. The molecule has 1 saturated heterocycles. The predicted octanol–water partition coefficient (Wildman–Crippen LogP) is 4.12. The highest BCUT2D eigenvalue weighted by Gasteiger charge is 2.31. The van der Waals surface area contributed by atoms with E-state index in [-0.39, 0.29) is 5.69 Å². The summed E-state index contributed by atoms with van der Waals surface area (Å²) in [6.07, 6.45) is 4.14. The van der Waals surface area contributed by atoms with Crippen LogP contribution in [0.2, 0.25) is 0 Å². The lowest BCUT2D eigenvalue weighted by molar-refractivity contribution is -0.137. The van der Waals surface area contributed by atoms with E-state index < -0.39 is 17.6 Å². The fourth-order valence-electron chi connectivity index (χ4n) is 4.01. The number of nitrogens with one attached hydrogen (secondary N) is 1. The van der Waals surface area contributed by atoms with Gasteiger partial charge in [-0.2, -0.15) is 13.2 Å². The third kappa shape index (κ3) is 7.17. The van der Waals surface area contributed by atoms with E-state index in [1.54, 1.807) is 26.2 Å². The molecular weight excluding hydrogens is 523 g/mol.